The van der Waals surface area contributed by atoms with Gasteiger partial charge in [0.1, 0.15) is 5.76 Å². The molecule has 0 aliphatic rings. The van der Waals surface area contributed by atoms with Crippen LogP contribution in [0.5, 0.6) is 0 Å². The summed E-state index contributed by atoms with van der Waals surface area (Å²) in [6.45, 7) is 1.85. The number of anilines is 1. The van der Waals surface area contributed by atoms with Crippen molar-refractivity contribution in [2.24, 2.45) is 0 Å². The van der Waals surface area contributed by atoms with Crippen LogP contribution in [0.3, 0.4) is 0 Å². The van der Waals surface area contributed by atoms with Crippen molar-refractivity contribution in [3.8, 4) is 21.6 Å². The van der Waals surface area contributed by atoms with Crippen LogP contribution in [0.4, 0.5) is 10.1 Å². The predicted molar refractivity (Wildman–Crippen MR) is 74.4 cm³/mol. The van der Waals surface area contributed by atoms with Gasteiger partial charge in [-0.2, -0.15) is 4.39 Å². The third kappa shape index (κ3) is 2.13. The van der Waals surface area contributed by atoms with Crippen molar-refractivity contribution in [3.05, 3.63) is 47.4 Å². The molecule has 0 saturated heterocycles. The number of hydrogen-bond acceptors (Lipinski definition) is 4. The average Bonchev–Trinajstić information content (AvgIpc) is 2.98. The molecule has 0 amide bonds. The molecule has 2 heterocycles. The maximum atomic E-state index is 13.1. The second-order valence-corrected chi connectivity index (χ2v) is 5.24. The molecule has 0 spiro atoms. The van der Waals surface area contributed by atoms with E-state index in [0.29, 0.717) is 5.69 Å². The van der Waals surface area contributed by atoms with E-state index >= 15 is 0 Å². The summed E-state index contributed by atoms with van der Waals surface area (Å²) in [6.07, 6.45) is 1.66. The summed E-state index contributed by atoms with van der Waals surface area (Å²) in [6, 6.07) is 8.85. The van der Waals surface area contributed by atoms with E-state index in [1.165, 1.54) is 6.07 Å². The molecular weight excluding hydrogens is 263 g/mol. The Morgan fingerprint density at radius 3 is 2.63 bits per heavy atom. The van der Waals surface area contributed by atoms with Gasteiger partial charge in [-0.1, -0.05) is 17.3 Å². The second kappa shape index (κ2) is 4.51. The maximum absolute atomic E-state index is 13.1. The molecule has 0 aliphatic carbocycles. The number of halogens is 1. The first kappa shape index (κ1) is 11.9. The van der Waals surface area contributed by atoms with Crippen LogP contribution in [0.25, 0.3) is 21.6 Å². The highest BCUT2D eigenvalue weighted by Crippen LogP contribution is 2.34. The van der Waals surface area contributed by atoms with Crippen molar-refractivity contribution >= 4 is 17.0 Å². The minimum atomic E-state index is -0.214. The lowest BCUT2D eigenvalue weighted by molar-refractivity contribution is 0.398. The van der Waals surface area contributed by atoms with E-state index in [0.717, 1.165) is 38.7 Å². The Bertz CT molecular complexity index is 733. The Balaban J connectivity index is 2.06. The maximum Gasteiger partial charge on any atom is 0.176 e. The summed E-state index contributed by atoms with van der Waals surface area (Å²) in [7, 11) is 0. The Morgan fingerprint density at radius 1 is 1.21 bits per heavy atom. The van der Waals surface area contributed by atoms with Crippen molar-refractivity contribution in [1.29, 1.82) is 0 Å². The summed E-state index contributed by atoms with van der Waals surface area (Å²) in [5, 5.41) is 3.53. The summed E-state index contributed by atoms with van der Waals surface area (Å²) in [5.41, 5.74) is 9.36. The largest absolute Gasteiger partial charge is 0.398 e. The van der Waals surface area contributed by atoms with Crippen LogP contribution in [0, 0.1) is 12.1 Å². The molecule has 0 radical (unpaired) electrons. The highest BCUT2D eigenvalue weighted by atomic mass is 32.1. The zero-order valence-corrected chi connectivity index (χ0v) is 11.0. The van der Waals surface area contributed by atoms with Gasteiger partial charge in [-0.25, -0.2) is 0 Å². The number of hydrogen-bond donors (Lipinski definition) is 1. The number of thiophene rings is 1. The van der Waals surface area contributed by atoms with Crippen LogP contribution in [0.15, 0.2) is 41.1 Å². The van der Waals surface area contributed by atoms with Crippen LogP contribution >= 0.6 is 11.3 Å². The molecule has 0 aliphatic heterocycles. The quantitative estimate of drug-likeness (QED) is 0.716. The number of rotatable bonds is 2. The van der Waals surface area contributed by atoms with Crippen molar-refractivity contribution in [3.63, 3.8) is 0 Å². The number of nitrogen functional groups attached to an aromatic ring is 1. The second-order valence-electron chi connectivity index (χ2n) is 4.20. The molecular formula is C14H11FN2OS. The molecule has 0 saturated carbocycles. The van der Waals surface area contributed by atoms with E-state index in [9.17, 15) is 4.39 Å². The first-order valence-electron chi connectivity index (χ1n) is 5.72. The number of aryl methyl sites for hydroxylation is 1. The molecule has 19 heavy (non-hydrogen) atoms. The summed E-state index contributed by atoms with van der Waals surface area (Å²) >= 11 is 1.08. The number of nitrogens with two attached hydrogens (primary N) is 1. The molecule has 0 bridgehead atoms. The van der Waals surface area contributed by atoms with Crippen molar-refractivity contribution in [2.45, 2.75) is 6.92 Å². The highest BCUT2D eigenvalue weighted by Gasteiger charge is 2.10. The molecule has 0 atom stereocenters. The SMILES string of the molecule is Cc1oncc1-c1ccc(-c2ccc(F)s2)c(N)c1. The third-order valence-electron chi connectivity index (χ3n) is 2.95. The standard InChI is InChI=1S/C14H11FN2OS/c1-8-11(7-17-18-8)9-2-3-10(12(16)6-9)13-4-5-14(15)19-13/h2-7H,16H2,1H3. The fourth-order valence-corrected chi connectivity index (χ4v) is 2.77. The molecule has 0 unspecified atom stereocenters. The number of benzene rings is 1. The minimum absolute atomic E-state index is 0.214. The molecule has 3 nitrogen and oxygen atoms in total. The van der Waals surface area contributed by atoms with E-state index in [4.69, 9.17) is 10.3 Å². The van der Waals surface area contributed by atoms with E-state index in [-0.39, 0.29) is 5.13 Å². The summed E-state index contributed by atoms with van der Waals surface area (Å²) < 4.78 is 18.1. The van der Waals surface area contributed by atoms with Gasteiger partial charge in [0, 0.05) is 21.7 Å². The smallest absolute Gasteiger partial charge is 0.176 e. The van der Waals surface area contributed by atoms with Gasteiger partial charge >= 0.3 is 0 Å². The summed E-state index contributed by atoms with van der Waals surface area (Å²) in [5.74, 6) is 0.745. The molecule has 0 fully saturated rings. The number of nitrogens with zero attached hydrogens (tertiary/aromatic N) is 1. The van der Waals surface area contributed by atoms with Crippen molar-refractivity contribution < 1.29 is 8.91 Å². The molecule has 2 N–H and O–H groups in total. The predicted octanol–water partition coefficient (Wildman–Crippen LogP) is 4.10. The molecule has 3 rings (SSSR count). The zero-order valence-electron chi connectivity index (χ0n) is 10.2. The Labute approximate surface area is 113 Å². The topological polar surface area (TPSA) is 52.0 Å². The van der Waals surface area contributed by atoms with Gasteiger partial charge in [0.15, 0.2) is 5.13 Å². The van der Waals surface area contributed by atoms with Gasteiger partial charge in [0.25, 0.3) is 0 Å². The molecule has 5 heteroatoms. The average molecular weight is 274 g/mol. The lowest BCUT2D eigenvalue weighted by Crippen LogP contribution is -1.90. The summed E-state index contributed by atoms with van der Waals surface area (Å²) in [4.78, 5) is 0.823. The lowest BCUT2D eigenvalue weighted by atomic mass is 10.0. The van der Waals surface area contributed by atoms with Gasteiger partial charge in [0.2, 0.25) is 0 Å². The van der Waals surface area contributed by atoms with Crippen LogP contribution in [-0.4, -0.2) is 5.16 Å². The van der Waals surface area contributed by atoms with Gasteiger partial charge < -0.3 is 10.3 Å². The van der Waals surface area contributed by atoms with E-state index in [1.807, 2.05) is 25.1 Å². The minimum Gasteiger partial charge on any atom is -0.398 e. The first-order valence-corrected chi connectivity index (χ1v) is 6.53. The van der Waals surface area contributed by atoms with Crippen molar-refractivity contribution in [2.75, 3.05) is 5.73 Å². The monoisotopic (exact) mass is 274 g/mol. The van der Waals surface area contributed by atoms with Gasteiger partial charge in [0.05, 0.1) is 6.20 Å². The fraction of sp³-hybridized carbons (Fsp3) is 0.0714. The zero-order chi connectivity index (χ0) is 13.4. The fourth-order valence-electron chi connectivity index (χ4n) is 1.99. The number of aromatic nitrogens is 1. The Kier molecular flexibility index (Phi) is 2.83. The van der Waals surface area contributed by atoms with Crippen molar-refractivity contribution in [1.82, 2.24) is 5.16 Å². The van der Waals surface area contributed by atoms with Crippen LogP contribution < -0.4 is 5.73 Å². The van der Waals surface area contributed by atoms with Gasteiger partial charge in [-0.15, -0.1) is 11.3 Å². The molecule has 2 aromatic heterocycles. The van der Waals surface area contributed by atoms with Crippen LogP contribution in [0.2, 0.25) is 0 Å². The molecule has 3 aromatic rings. The van der Waals surface area contributed by atoms with Gasteiger partial charge in [-0.05, 0) is 30.7 Å². The first-order chi connectivity index (χ1) is 9.15. The normalized spacial score (nSPS) is 10.8. The van der Waals surface area contributed by atoms with Crippen LogP contribution in [-0.2, 0) is 0 Å². The third-order valence-corrected chi connectivity index (χ3v) is 3.86. The van der Waals surface area contributed by atoms with E-state index in [1.54, 1.807) is 12.3 Å². The lowest BCUT2D eigenvalue weighted by Gasteiger charge is -2.06. The Hall–Kier alpha value is -2.14. The van der Waals surface area contributed by atoms with E-state index in [2.05, 4.69) is 5.16 Å². The Morgan fingerprint density at radius 2 is 2.05 bits per heavy atom. The van der Waals surface area contributed by atoms with E-state index < -0.39 is 0 Å². The van der Waals surface area contributed by atoms with Gasteiger partial charge in [-0.3, -0.25) is 0 Å². The molecule has 96 valence electrons. The van der Waals surface area contributed by atoms with Crippen LogP contribution in [0.1, 0.15) is 5.76 Å². The molecule has 1 aromatic carbocycles. The highest BCUT2D eigenvalue weighted by molar-refractivity contribution is 7.13.